The fourth-order valence-corrected chi connectivity index (χ4v) is 3.61. The normalized spacial score (nSPS) is 14.7. The van der Waals surface area contributed by atoms with Gasteiger partial charge in [-0.3, -0.25) is 9.36 Å². The lowest BCUT2D eigenvalue weighted by Crippen LogP contribution is -2.21. The molecule has 0 saturated heterocycles. The van der Waals surface area contributed by atoms with Crippen LogP contribution in [0.3, 0.4) is 0 Å². The zero-order chi connectivity index (χ0) is 18.6. The van der Waals surface area contributed by atoms with Crippen molar-refractivity contribution in [3.05, 3.63) is 52.1 Å². The largest absolute Gasteiger partial charge is 0.289 e. The third-order valence-electron chi connectivity index (χ3n) is 4.44. The molecule has 1 aliphatic rings. The van der Waals surface area contributed by atoms with Crippen molar-refractivity contribution in [2.45, 2.75) is 31.0 Å². The zero-order valence-corrected chi connectivity index (χ0v) is 15.0. The van der Waals surface area contributed by atoms with Crippen LogP contribution in [-0.2, 0) is 9.84 Å². The molecule has 26 heavy (non-hydrogen) atoms. The molecule has 1 aliphatic carbocycles. The molecular weight excluding hydrogens is 357 g/mol. The number of sulfone groups is 1. The Kier molecular flexibility index (Phi) is 3.69. The molecule has 1 fully saturated rings. The van der Waals surface area contributed by atoms with Crippen molar-refractivity contribution in [1.82, 2.24) is 14.5 Å². The summed E-state index contributed by atoms with van der Waals surface area (Å²) in [5, 5.41) is 0.0802. The molecule has 134 valence electrons. The van der Waals surface area contributed by atoms with Crippen LogP contribution in [0.4, 0.5) is 4.39 Å². The molecule has 0 unspecified atom stereocenters. The Hall–Kier alpha value is -2.61. The first kappa shape index (κ1) is 16.8. The van der Waals surface area contributed by atoms with Crippen molar-refractivity contribution in [2.24, 2.45) is 0 Å². The number of aromatic nitrogens is 3. The lowest BCUT2D eigenvalue weighted by Gasteiger charge is -2.15. The van der Waals surface area contributed by atoms with Crippen LogP contribution in [0.5, 0.6) is 0 Å². The van der Waals surface area contributed by atoms with Gasteiger partial charge in [-0.15, -0.1) is 0 Å². The first-order chi connectivity index (χ1) is 12.3. The zero-order valence-electron chi connectivity index (χ0n) is 14.2. The summed E-state index contributed by atoms with van der Waals surface area (Å²) >= 11 is 0. The van der Waals surface area contributed by atoms with Gasteiger partial charge in [0.25, 0.3) is 5.56 Å². The molecule has 0 spiro atoms. The van der Waals surface area contributed by atoms with E-state index in [1.165, 1.54) is 22.8 Å². The van der Waals surface area contributed by atoms with Gasteiger partial charge in [-0.05, 0) is 37.5 Å². The van der Waals surface area contributed by atoms with Crippen LogP contribution in [0, 0.1) is 12.7 Å². The molecule has 6 nitrogen and oxygen atoms in total. The number of hydrogen-bond acceptors (Lipinski definition) is 5. The van der Waals surface area contributed by atoms with E-state index in [0.717, 1.165) is 19.1 Å². The Labute approximate surface area is 149 Å². The van der Waals surface area contributed by atoms with Crippen LogP contribution >= 0.6 is 0 Å². The van der Waals surface area contributed by atoms with Crippen molar-refractivity contribution in [3.63, 3.8) is 0 Å². The minimum absolute atomic E-state index is 0.0126. The van der Waals surface area contributed by atoms with E-state index in [4.69, 9.17) is 0 Å². The van der Waals surface area contributed by atoms with Gasteiger partial charge < -0.3 is 0 Å². The molecule has 0 radical (unpaired) electrons. The van der Waals surface area contributed by atoms with E-state index in [9.17, 15) is 17.6 Å². The van der Waals surface area contributed by atoms with Crippen LogP contribution in [0.2, 0.25) is 0 Å². The molecule has 0 N–H and O–H groups in total. The monoisotopic (exact) mass is 373 g/mol. The maximum Gasteiger partial charge on any atom is 0.252 e. The van der Waals surface area contributed by atoms with Crippen LogP contribution in [-0.4, -0.2) is 29.2 Å². The molecule has 4 rings (SSSR count). The fraction of sp³-hybridized carbons (Fsp3) is 0.278. The third kappa shape index (κ3) is 2.70. The average molecular weight is 373 g/mol. The number of aryl methyl sites for hydroxylation is 1. The molecule has 1 saturated carbocycles. The molecule has 0 aliphatic heterocycles. The highest BCUT2D eigenvalue weighted by Crippen LogP contribution is 2.38. The van der Waals surface area contributed by atoms with E-state index in [2.05, 4.69) is 9.97 Å². The van der Waals surface area contributed by atoms with Gasteiger partial charge in [0.1, 0.15) is 11.5 Å². The van der Waals surface area contributed by atoms with Crippen molar-refractivity contribution in [2.75, 3.05) is 6.26 Å². The van der Waals surface area contributed by atoms with E-state index in [1.54, 1.807) is 19.1 Å². The van der Waals surface area contributed by atoms with Crippen molar-refractivity contribution < 1.29 is 12.8 Å². The second-order valence-electron chi connectivity index (χ2n) is 6.57. The molecular formula is C18H16FN3O3S. The number of fused-ring (bicyclic) bond motifs is 1. The predicted octanol–water partition coefficient (Wildman–Crippen LogP) is 2.64. The van der Waals surface area contributed by atoms with Gasteiger partial charge in [-0.1, -0.05) is 12.1 Å². The second kappa shape index (κ2) is 5.70. The Bertz CT molecular complexity index is 1210. The number of benzene rings is 1. The quantitative estimate of drug-likeness (QED) is 0.659. The van der Waals surface area contributed by atoms with Gasteiger partial charge in [0, 0.05) is 29.3 Å². The molecule has 1 aromatic carbocycles. The van der Waals surface area contributed by atoms with Gasteiger partial charge in [-0.2, -0.15) is 4.98 Å². The summed E-state index contributed by atoms with van der Waals surface area (Å²) in [6.45, 7) is 1.72. The predicted molar refractivity (Wildman–Crippen MR) is 95.3 cm³/mol. The number of pyridine rings is 1. The fourth-order valence-electron chi connectivity index (χ4n) is 3.10. The number of hydrogen-bond donors (Lipinski definition) is 0. The smallest absolute Gasteiger partial charge is 0.252 e. The van der Waals surface area contributed by atoms with Gasteiger partial charge in [0.2, 0.25) is 15.0 Å². The Morgan fingerprint density at radius 2 is 1.88 bits per heavy atom. The van der Waals surface area contributed by atoms with Crippen molar-refractivity contribution >= 4 is 20.9 Å². The molecule has 2 heterocycles. The Morgan fingerprint density at radius 3 is 2.50 bits per heavy atom. The standard InChI is InChI=1S/C18H16FN3O3S/c1-10-9-14(23)22(11-7-8-11)17-15(10)16(12-5-3-4-6-13(12)19)20-18(21-17)26(2,24)25/h3-6,9,11H,7-8H2,1-2H3. The molecule has 8 heteroatoms. The van der Waals surface area contributed by atoms with Crippen molar-refractivity contribution in [1.29, 1.82) is 0 Å². The molecule has 0 amide bonds. The topological polar surface area (TPSA) is 81.9 Å². The van der Waals surface area contributed by atoms with E-state index < -0.39 is 20.8 Å². The molecule has 3 aromatic rings. The third-order valence-corrected chi connectivity index (χ3v) is 5.29. The summed E-state index contributed by atoms with van der Waals surface area (Å²) in [6, 6.07) is 7.48. The SMILES string of the molecule is Cc1cc(=O)n(C2CC2)c2nc(S(C)(=O)=O)nc(-c3ccccc3F)c12. The summed E-state index contributed by atoms with van der Waals surface area (Å²) in [5.74, 6) is -0.518. The maximum atomic E-state index is 14.4. The van der Waals surface area contributed by atoms with Crippen molar-refractivity contribution in [3.8, 4) is 11.3 Å². The summed E-state index contributed by atoms with van der Waals surface area (Å²) in [4.78, 5) is 20.8. The van der Waals surface area contributed by atoms with Gasteiger partial charge in [-0.25, -0.2) is 17.8 Å². The number of nitrogens with zero attached hydrogens (tertiary/aromatic N) is 3. The number of halogens is 1. The summed E-state index contributed by atoms with van der Waals surface area (Å²) < 4.78 is 40.1. The van der Waals surface area contributed by atoms with Crippen LogP contribution < -0.4 is 5.56 Å². The molecule has 0 atom stereocenters. The van der Waals surface area contributed by atoms with Gasteiger partial charge in [0.15, 0.2) is 0 Å². The van der Waals surface area contributed by atoms with E-state index in [-0.39, 0.29) is 28.5 Å². The van der Waals surface area contributed by atoms with E-state index >= 15 is 0 Å². The average Bonchev–Trinajstić information content (AvgIpc) is 3.38. The van der Waals surface area contributed by atoms with Crippen LogP contribution in [0.25, 0.3) is 22.3 Å². The van der Waals surface area contributed by atoms with Gasteiger partial charge in [0.05, 0.1) is 5.69 Å². The minimum atomic E-state index is -3.75. The second-order valence-corrected chi connectivity index (χ2v) is 8.48. The summed E-state index contributed by atoms with van der Waals surface area (Å²) in [7, 11) is -3.75. The molecule has 2 aromatic heterocycles. The highest BCUT2D eigenvalue weighted by molar-refractivity contribution is 7.90. The highest BCUT2D eigenvalue weighted by Gasteiger charge is 2.29. The lowest BCUT2D eigenvalue weighted by atomic mass is 10.0. The molecule has 0 bridgehead atoms. The number of rotatable bonds is 3. The van der Waals surface area contributed by atoms with E-state index in [1.807, 2.05) is 0 Å². The van der Waals surface area contributed by atoms with Crippen LogP contribution in [0.15, 0.2) is 40.3 Å². The van der Waals surface area contributed by atoms with Gasteiger partial charge >= 0.3 is 0 Å². The summed E-state index contributed by atoms with van der Waals surface area (Å²) in [5.41, 5.74) is 0.941. The Morgan fingerprint density at radius 1 is 1.19 bits per heavy atom. The van der Waals surface area contributed by atoms with E-state index in [0.29, 0.717) is 10.9 Å². The Balaban J connectivity index is 2.22. The maximum absolute atomic E-state index is 14.4. The highest BCUT2D eigenvalue weighted by atomic mass is 32.2. The first-order valence-electron chi connectivity index (χ1n) is 8.16. The minimum Gasteiger partial charge on any atom is -0.289 e. The first-order valence-corrected chi connectivity index (χ1v) is 10.1. The lowest BCUT2D eigenvalue weighted by molar-refractivity contribution is 0.592. The van der Waals surface area contributed by atoms with Crippen LogP contribution in [0.1, 0.15) is 24.4 Å². The summed E-state index contributed by atoms with van der Waals surface area (Å²) in [6.07, 6.45) is 2.64.